The summed E-state index contributed by atoms with van der Waals surface area (Å²) in [7, 11) is 0. The van der Waals surface area contributed by atoms with Gasteiger partial charge in [0.1, 0.15) is 0 Å². The van der Waals surface area contributed by atoms with Crippen molar-refractivity contribution in [1.29, 1.82) is 0 Å². The standard InChI is InChI=1S/C19H28N2O2/c1-2-3-4-16-5-7-17(8-6-16)20-18(22)21-12-9-19(15-21)10-13-23-14-11-19/h5-8H,2-4,9-15H2,1H3,(H,20,22). The fraction of sp³-hybridized carbons (Fsp3) is 0.632. The number of urea groups is 1. The number of carbonyl (C=O) groups is 1. The summed E-state index contributed by atoms with van der Waals surface area (Å²) in [5.74, 6) is 0. The number of nitrogens with one attached hydrogen (secondary N) is 1. The van der Waals surface area contributed by atoms with Crippen LogP contribution in [0.5, 0.6) is 0 Å². The summed E-state index contributed by atoms with van der Waals surface area (Å²) in [4.78, 5) is 14.4. The van der Waals surface area contributed by atoms with Gasteiger partial charge in [-0.1, -0.05) is 25.5 Å². The van der Waals surface area contributed by atoms with E-state index in [1.807, 2.05) is 17.0 Å². The molecule has 0 radical (unpaired) electrons. The van der Waals surface area contributed by atoms with Crippen molar-refractivity contribution in [2.24, 2.45) is 5.41 Å². The minimum atomic E-state index is 0.0367. The Balaban J connectivity index is 1.53. The van der Waals surface area contributed by atoms with E-state index in [0.717, 1.165) is 57.7 Å². The molecule has 1 spiro atoms. The van der Waals surface area contributed by atoms with Gasteiger partial charge in [-0.3, -0.25) is 0 Å². The molecule has 2 heterocycles. The molecular formula is C19H28N2O2. The number of aryl methyl sites for hydroxylation is 1. The quantitative estimate of drug-likeness (QED) is 0.910. The lowest BCUT2D eigenvalue weighted by molar-refractivity contribution is 0.0211. The Bertz CT molecular complexity index is 521. The topological polar surface area (TPSA) is 41.6 Å². The third-order valence-corrected chi connectivity index (χ3v) is 5.30. The highest BCUT2D eigenvalue weighted by Gasteiger charge is 2.40. The van der Waals surface area contributed by atoms with Crippen molar-refractivity contribution in [1.82, 2.24) is 4.90 Å². The largest absolute Gasteiger partial charge is 0.381 e. The van der Waals surface area contributed by atoms with E-state index in [1.165, 1.54) is 18.4 Å². The van der Waals surface area contributed by atoms with Gasteiger partial charge in [0, 0.05) is 32.0 Å². The molecule has 1 aromatic carbocycles. The van der Waals surface area contributed by atoms with Crippen LogP contribution in [0.25, 0.3) is 0 Å². The van der Waals surface area contributed by atoms with Crippen LogP contribution in [0.15, 0.2) is 24.3 Å². The van der Waals surface area contributed by atoms with Crippen molar-refractivity contribution >= 4 is 11.7 Å². The van der Waals surface area contributed by atoms with Crippen LogP contribution in [0.2, 0.25) is 0 Å². The lowest BCUT2D eigenvalue weighted by atomic mass is 9.80. The molecule has 4 nitrogen and oxygen atoms in total. The van der Waals surface area contributed by atoms with E-state index in [0.29, 0.717) is 5.41 Å². The predicted molar refractivity (Wildman–Crippen MR) is 92.7 cm³/mol. The van der Waals surface area contributed by atoms with Gasteiger partial charge in [-0.05, 0) is 55.2 Å². The van der Waals surface area contributed by atoms with Gasteiger partial charge in [-0.25, -0.2) is 4.79 Å². The molecule has 2 aliphatic rings. The zero-order chi connectivity index (χ0) is 16.1. The van der Waals surface area contributed by atoms with Crippen LogP contribution < -0.4 is 5.32 Å². The van der Waals surface area contributed by atoms with Gasteiger partial charge >= 0.3 is 6.03 Å². The first-order valence-electron chi connectivity index (χ1n) is 8.93. The van der Waals surface area contributed by atoms with Crippen LogP contribution >= 0.6 is 0 Å². The molecule has 1 N–H and O–H groups in total. The van der Waals surface area contributed by atoms with E-state index in [1.54, 1.807) is 0 Å². The number of likely N-dealkylation sites (tertiary alicyclic amines) is 1. The number of benzene rings is 1. The van der Waals surface area contributed by atoms with E-state index in [9.17, 15) is 4.79 Å². The number of nitrogens with zero attached hydrogens (tertiary/aromatic N) is 1. The van der Waals surface area contributed by atoms with Crippen LogP contribution in [-0.4, -0.2) is 37.2 Å². The van der Waals surface area contributed by atoms with Gasteiger partial charge < -0.3 is 15.0 Å². The molecule has 23 heavy (non-hydrogen) atoms. The molecule has 126 valence electrons. The van der Waals surface area contributed by atoms with Crippen LogP contribution in [0.4, 0.5) is 10.5 Å². The van der Waals surface area contributed by atoms with E-state index < -0.39 is 0 Å². The highest BCUT2D eigenvalue weighted by Crippen LogP contribution is 2.39. The van der Waals surface area contributed by atoms with Gasteiger partial charge in [0.2, 0.25) is 0 Å². The molecule has 0 saturated carbocycles. The molecule has 0 atom stereocenters. The summed E-state index contributed by atoms with van der Waals surface area (Å²) in [5, 5.41) is 3.04. The van der Waals surface area contributed by atoms with Crippen molar-refractivity contribution in [3.63, 3.8) is 0 Å². The van der Waals surface area contributed by atoms with Crippen molar-refractivity contribution in [3.8, 4) is 0 Å². The first kappa shape index (κ1) is 16.3. The average molecular weight is 316 g/mol. The zero-order valence-electron chi connectivity index (χ0n) is 14.1. The Morgan fingerprint density at radius 3 is 2.65 bits per heavy atom. The Labute approximate surface area is 139 Å². The fourth-order valence-corrected chi connectivity index (χ4v) is 3.66. The molecule has 0 unspecified atom stereocenters. The van der Waals surface area contributed by atoms with Crippen molar-refractivity contribution in [3.05, 3.63) is 29.8 Å². The highest BCUT2D eigenvalue weighted by molar-refractivity contribution is 5.89. The molecule has 0 aliphatic carbocycles. The molecular weight excluding hydrogens is 288 g/mol. The Morgan fingerprint density at radius 1 is 1.22 bits per heavy atom. The normalized spacial score (nSPS) is 20.0. The molecule has 4 heteroatoms. The van der Waals surface area contributed by atoms with Crippen molar-refractivity contribution < 1.29 is 9.53 Å². The molecule has 3 rings (SSSR count). The maximum absolute atomic E-state index is 12.5. The summed E-state index contributed by atoms with van der Waals surface area (Å²) in [5.41, 5.74) is 2.54. The Kier molecular flexibility index (Phi) is 5.21. The van der Waals surface area contributed by atoms with Crippen molar-refractivity contribution in [2.75, 3.05) is 31.6 Å². The fourth-order valence-electron chi connectivity index (χ4n) is 3.66. The maximum atomic E-state index is 12.5. The number of amides is 2. The van der Waals surface area contributed by atoms with E-state index >= 15 is 0 Å². The number of anilines is 1. The predicted octanol–water partition coefficient (Wildman–Crippen LogP) is 4.06. The van der Waals surface area contributed by atoms with Crippen LogP contribution in [-0.2, 0) is 11.2 Å². The third-order valence-electron chi connectivity index (χ3n) is 5.30. The summed E-state index contributed by atoms with van der Waals surface area (Å²) < 4.78 is 5.47. The number of unbranched alkanes of at least 4 members (excludes halogenated alkanes) is 1. The second-order valence-electron chi connectivity index (χ2n) is 7.01. The second kappa shape index (κ2) is 7.35. The van der Waals surface area contributed by atoms with Crippen LogP contribution in [0.1, 0.15) is 44.6 Å². The average Bonchev–Trinajstić information content (AvgIpc) is 2.98. The number of hydrogen-bond donors (Lipinski definition) is 1. The summed E-state index contributed by atoms with van der Waals surface area (Å²) in [6.45, 7) is 5.62. The second-order valence-corrected chi connectivity index (χ2v) is 7.01. The lowest BCUT2D eigenvalue weighted by Gasteiger charge is -2.33. The van der Waals surface area contributed by atoms with E-state index in [-0.39, 0.29) is 6.03 Å². The Morgan fingerprint density at radius 2 is 1.96 bits per heavy atom. The molecule has 2 saturated heterocycles. The van der Waals surface area contributed by atoms with Gasteiger partial charge in [0.15, 0.2) is 0 Å². The van der Waals surface area contributed by atoms with Gasteiger partial charge in [0.05, 0.1) is 0 Å². The van der Waals surface area contributed by atoms with Gasteiger partial charge in [-0.15, -0.1) is 0 Å². The zero-order valence-corrected chi connectivity index (χ0v) is 14.1. The summed E-state index contributed by atoms with van der Waals surface area (Å²) >= 11 is 0. The molecule has 2 fully saturated rings. The number of rotatable bonds is 4. The first-order chi connectivity index (χ1) is 11.2. The van der Waals surface area contributed by atoms with Crippen molar-refractivity contribution in [2.45, 2.75) is 45.4 Å². The maximum Gasteiger partial charge on any atom is 0.321 e. The molecule has 2 amide bonds. The molecule has 1 aromatic rings. The smallest absolute Gasteiger partial charge is 0.321 e. The van der Waals surface area contributed by atoms with E-state index in [2.05, 4.69) is 24.4 Å². The summed E-state index contributed by atoms with van der Waals surface area (Å²) in [6, 6.07) is 8.31. The number of hydrogen-bond acceptors (Lipinski definition) is 2. The van der Waals surface area contributed by atoms with E-state index in [4.69, 9.17) is 4.74 Å². The lowest BCUT2D eigenvalue weighted by Crippen LogP contribution is -2.37. The molecule has 0 aromatic heterocycles. The third kappa shape index (κ3) is 4.05. The number of ether oxygens (including phenoxy) is 1. The Hall–Kier alpha value is -1.55. The SMILES string of the molecule is CCCCc1ccc(NC(=O)N2CCC3(CCOCC3)C2)cc1. The van der Waals surface area contributed by atoms with Crippen LogP contribution in [0.3, 0.4) is 0 Å². The molecule has 0 bridgehead atoms. The van der Waals surface area contributed by atoms with Gasteiger partial charge in [-0.2, -0.15) is 0 Å². The van der Waals surface area contributed by atoms with Crippen LogP contribution in [0, 0.1) is 5.41 Å². The molecule has 2 aliphatic heterocycles. The number of carbonyl (C=O) groups excluding carboxylic acids is 1. The highest BCUT2D eigenvalue weighted by atomic mass is 16.5. The van der Waals surface area contributed by atoms with Gasteiger partial charge in [0.25, 0.3) is 0 Å². The minimum Gasteiger partial charge on any atom is -0.381 e. The monoisotopic (exact) mass is 316 g/mol. The first-order valence-corrected chi connectivity index (χ1v) is 8.93. The summed E-state index contributed by atoms with van der Waals surface area (Å²) in [6.07, 6.45) is 6.82. The minimum absolute atomic E-state index is 0.0367.